The topological polar surface area (TPSA) is 78.0 Å². The van der Waals surface area contributed by atoms with E-state index in [0.29, 0.717) is 12.0 Å². The lowest BCUT2D eigenvalue weighted by Gasteiger charge is -2.18. The lowest BCUT2D eigenvalue weighted by atomic mass is 10.0. The summed E-state index contributed by atoms with van der Waals surface area (Å²) in [6, 6.07) is 14.9. The largest absolute Gasteiger partial charge is 0.396 e. The van der Waals surface area contributed by atoms with Crippen LogP contribution in [0.4, 0.5) is 0 Å². The number of aromatic amines is 1. The van der Waals surface area contributed by atoms with Gasteiger partial charge in [0.15, 0.2) is 0 Å². The molecule has 0 aliphatic rings. The molecule has 1 unspecified atom stereocenters. The van der Waals surface area contributed by atoms with Crippen LogP contribution < -0.4 is 5.32 Å². The third kappa shape index (κ3) is 3.24. The van der Waals surface area contributed by atoms with E-state index in [1.807, 2.05) is 49.4 Å². The van der Waals surface area contributed by atoms with Crippen LogP contribution in [0.5, 0.6) is 0 Å². The van der Waals surface area contributed by atoms with Crippen LogP contribution >= 0.6 is 0 Å². The van der Waals surface area contributed by atoms with Crippen molar-refractivity contribution in [3.63, 3.8) is 0 Å². The first-order valence-electron chi connectivity index (χ1n) is 7.60. The van der Waals surface area contributed by atoms with Gasteiger partial charge in [0.2, 0.25) is 0 Å². The molecule has 0 aliphatic heterocycles. The van der Waals surface area contributed by atoms with Crippen LogP contribution in [0.25, 0.3) is 10.9 Å². The molecule has 23 heavy (non-hydrogen) atoms. The molecule has 0 bridgehead atoms. The van der Waals surface area contributed by atoms with Crippen molar-refractivity contribution in [3.05, 3.63) is 65.4 Å². The van der Waals surface area contributed by atoms with Crippen LogP contribution in [0.15, 0.2) is 48.5 Å². The van der Waals surface area contributed by atoms with E-state index in [0.717, 1.165) is 22.2 Å². The van der Waals surface area contributed by atoms with Crippen molar-refractivity contribution in [1.29, 1.82) is 0 Å². The van der Waals surface area contributed by atoms with E-state index in [9.17, 15) is 9.90 Å². The minimum Gasteiger partial charge on any atom is -0.396 e. The molecule has 0 saturated carbocycles. The molecule has 3 N–H and O–H groups in total. The molecule has 118 valence electrons. The standard InChI is InChI=1S/C18H19N3O2/c1-12-15-11-14(7-8-17(15)21-20-12)18(23)19-16(9-10-22)13-5-3-2-4-6-13/h2-8,11,16,22H,9-10H2,1H3,(H,19,23)(H,20,21). The Hall–Kier alpha value is -2.66. The van der Waals surface area contributed by atoms with Gasteiger partial charge in [-0.05, 0) is 37.1 Å². The lowest BCUT2D eigenvalue weighted by Crippen LogP contribution is -2.29. The normalized spacial score (nSPS) is 12.3. The monoisotopic (exact) mass is 309 g/mol. The first kappa shape index (κ1) is 15.2. The SMILES string of the molecule is Cc1[nH]nc2ccc(C(=O)NC(CCO)c3ccccc3)cc12. The van der Waals surface area contributed by atoms with E-state index in [-0.39, 0.29) is 18.6 Å². The fourth-order valence-corrected chi connectivity index (χ4v) is 2.66. The summed E-state index contributed by atoms with van der Waals surface area (Å²) in [5, 5.41) is 20.3. The highest BCUT2D eigenvalue weighted by molar-refractivity contribution is 5.98. The second-order valence-electron chi connectivity index (χ2n) is 5.53. The van der Waals surface area contributed by atoms with Crippen molar-refractivity contribution in [2.45, 2.75) is 19.4 Å². The number of aromatic nitrogens is 2. The summed E-state index contributed by atoms with van der Waals surface area (Å²) in [6.45, 7) is 1.94. The average Bonchev–Trinajstić information content (AvgIpc) is 2.96. The van der Waals surface area contributed by atoms with Gasteiger partial charge in [0.1, 0.15) is 0 Å². The van der Waals surface area contributed by atoms with Crippen LogP contribution in [0.2, 0.25) is 0 Å². The van der Waals surface area contributed by atoms with Gasteiger partial charge in [-0.15, -0.1) is 0 Å². The summed E-state index contributed by atoms with van der Waals surface area (Å²) in [4.78, 5) is 12.6. The van der Waals surface area contributed by atoms with E-state index in [1.54, 1.807) is 6.07 Å². The van der Waals surface area contributed by atoms with Gasteiger partial charge in [-0.2, -0.15) is 5.10 Å². The molecule has 2 aromatic carbocycles. The zero-order chi connectivity index (χ0) is 16.2. The third-order valence-electron chi connectivity index (χ3n) is 3.93. The van der Waals surface area contributed by atoms with Crippen molar-refractivity contribution in [1.82, 2.24) is 15.5 Å². The molecule has 1 heterocycles. The van der Waals surface area contributed by atoms with E-state index in [2.05, 4.69) is 15.5 Å². The zero-order valence-electron chi connectivity index (χ0n) is 12.9. The van der Waals surface area contributed by atoms with Gasteiger partial charge >= 0.3 is 0 Å². The second kappa shape index (κ2) is 6.62. The molecule has 1 atom stereocenters. The molecule has 3 aromatic rings. The van der Waals surface area contributed by atoms with Crippen LogP contribution in [0.3, 0.4) is 0 Å². The van der Waals surface area contributed by atoms with Gasteiger partial charge in [-0.1, -0.05) is 30.3 Å². The van der Waals surface area contributed by atoms with Gasteiger partial charge in [0.05, 0.1) is 11.6 Å². The first-order chi connectivity index (χ1) is 11.2. The summed E-state index contributed by atoms with van der Waals surface area (Å²) < 4.78 is 0. The number of nitrogens with zero attached hydrogens (tertiary/aromatic N) is 1. The summed E-state index contributed by atoms with van der Waals surface area (Å²) in [6.07, 6.45) is 0.475. The second-order valence-corrected chi connectivity index (χ2v) is 5.53. The highest BCUT2D eigenvalue weighted by Gasteiger charge is 2.16. The summed E-state index contributed by atoms with van der Waals surface area (Å²) in [5.74, 6) is -0.158. The van der Waals surface area contributed by atoms with Crippen molar-refractivity contribution in [2.75, 3.05) is 6.61 Å². The number of carbonyl (C=O) groups is 1. The number of hydrogen-bond acceptors (Lipinski definition) is 3. The maximum absolute atomic E-state index is 12.6. The van der Waals surface area contributed by atoms with Crippen LogP contribution in [-0.4, -0.2) is 27.8 Å². The molecule has 0 radical (unpaired) electrons. The molecule has 3 rings (SSSR count). The Morgan fingerprint density at radius 1 is 1.26 bits per heavy atom. The van der Waals surface area contributed by atoms with Crippen molar-refractivity contribution in [2.24, 2.45) is 0 Å². The number of benzene rings is 2. The predicted molar refractivity (Wildman–Crippen MR) is 89.2 cm³/mol. The van der Waals surface area contributed by atoms with Crippen molar-refractivity contribution in [3.8, 4) is 0 Å². The number of hydrogen-bond donors (Lipinski definition) is 3. The van der Waals surface area contributed by atoms with E-state index < -0.39 is 0 Å². The quantitative estimate of drug-likeness (QED) is 0.678. The number of amides is 1. The predicted octanol–water partition coefficient (Wildman–Crippen LogP) is 2.72. The van der Waals surface area contributed by atoms with Crippen molar-refractivity contribution < 1.29 is 9.90 Å². The fraction of sp³-hybridized carbons (Fsp3) is 0.222. The molecule has 1 amide bonds. The van der Waals surface area contributed by atoms with E-state index >= 15 is 0 Å². The van der Waals surface area contributed by atoms with Gasteiger partial charge in [0, 0.05) is 23.3 Å². The molecule has 1 aromatic heterocycles. The maximum atomic E-state index is 12.6. The Morgan fingerprint density at radius 3 is 2.78 bits per heavy atom. The smallest absolute Gasteiger partial charge is 0.251 e. The Labute approximate surface area is 134 Å². The molecular weight excluding hydrogens is 290 g/mol. The maximum Gasteiger partial charge on any atom is 0.251 e. The van der Waals surface area contributed by atoms with Crippen molar-refractivity contribution >= 4 is 16.8 Å². The summed E-state index contributed by atoms with van der Waals surface area (Å²) in [5.41, 5.74) is 3.34. The van der Waals surface area contributed by atoms with Gasteiger partial charge in [0.25, 0.3) is 5.91 Å². The number of nitrogens with one attached hydrogen (secondary N) is 2. The third-order valence-corrected chi connectivity index (χ3v) is 3.93. The Morgan fingerprint density at radius 2 is 2.04 bits per heavy atom. The van der Waals surface area contributed by atoms with Crippen LogP contribution in [0, 0.1) is 6.92 Å². The number of aliphatic hydroxyl groups is 1. The van der Waals surface area contributed by atoms with E-state index in [4.69, 9.17) is 0 Å². The molecular formula is C18H19N3O2. The molecule has 0 spiro atoms. The molecule has 0 saturated heterocycles. The average molecular weight is 309 g/mol. The minimum atomic E-state index is -0.213. The molecule has 5 heteroatoms. The van der Waals surface area contributed by atoms with Gasteiger partial charge in [-0.25, -0.2) is 0 Å². The zero-order valence-corrected chi connectivity index (χ0v) is 12.9. The van der Waals surface area contributed by atoms with Gasteiger partial charge < -0.3 is 10.4 Å². The van der Waals surface area contributed by atoms with Crippen LogP contribution in [-0.2, 0) is 0 Å². The number of H-pyrrole nitrogens is 1. The van der Waals surface area contributed by atoms with Crippen LogP contribution in [0.1, 0.15) is 34.1 Å². The van der Waals surface area contributed by atoms with Gasteiger partial charge in [-0.3, -0.25) is 9.89 Å². The highest BCUT2D eigenvalue weighted by Crippen LogP contribution is 2.20. The Bertz CT molecular complexity index is 812. The number of fused-ring (bicyclic) bond motifs is 1. The molecule has 0 fully saturated rings. The fourth-order valence-electron chi connectivity index (χ4n) is 2.66. The number of aliphatic hydroxyl groups excluding tert-OH is 1. The molecule has 0 aliphatic carbocycles. The van der Waals surface area contributed by atoms with E-state index in [1.165, 1.54) is 0 Å². The Kier molecular flexibility index (Phi) is 4.39. The lowest BCUT2D eigenvalue weighted by molar-refractivity contribution is 0.0930. The number of aryl methyl sites for hydroxylation is 1. The number of carbonyl (C=O) groups excluding carboxylic acids is 1. The first-order valence-corrected chi connectivity index (χ1v) is 7.60. The number of rotatable bonds is 5. The summed E-state index contributed by atoms with van der Waals surface area (Å²) in [7, 11) is 0. The molecule has 5 nitrogen and oxygen atoms in total. The minimum absolute atomic E-state index is 0.0136. The highest BCUT2D eigenvalue weighted by atomic mass is 16.3. The summed E-state index contributed by atoms with van der Waals surface area (Å²) >= 11 is 0. The Balaban J connectivity index is 1.84.